The number of rotatable bonds is 3. The van der Waals surface area contributed by atoms with E-state index in [0.29, 0.717) is 0 Å². The van der Waals surface area contributed by atoms with E-state index >= 15 is 0 Å². The molecular weight excluding hydrogens is 182 g/mol. The van der Waals surface area contributed by atoms with Crippen LogP contribution in [0.4, 0.5) is 0 Å². The number of amides is 2. The second-order valence-corrected chi connectivity index (χ2v) is 4.26. The third-order valence-corrected chi connectivity index (χ3v) is 2.61. The number of nitrogens with zero attached hydrogens (tertiary/aromatic N) is 1. The highest BCUT2D eigenvalue weighted by molar-refractivity contribution is 6.03. The van der Waals surface area contributed by atoms with Gasteiger partial charge in [-0.1, -0.05) is 20.8 Å². The normalized spacial score (nSPS) is 24.9. The quantitative estimate of drug-likeness (QED) is 0.669. The minimum absolute atomic E-state index is 0.0616. The van der Waals surface area contributed by atoms with Crippen LogP contribution >= 0.6 is 0 Å². The van der Waals surface area contributed by atoms with Crippen LogP contribution in [0, 0.1) is 11.8 Å². The summed E-state index contributed by atoms with van der Waals surface area (Å²) >= 11 is 0. The maximum atomic E-state index is 11.5. The van der Waals surface area contributed by atoms with E-state index in [1.54, 1.807) is 6.92 Å². The number of β-amino-alcohol motifs (C(OH)–C–C–N with tert-alkyl or cyclic N) is 1. The summed E-state index contributed by atoms with van der Waals surface area (Å²) in [7, 11) is 0. The number of imide groups is 1. The third-order valence-electron chi connectivity index (χ3n) is 2.61. The molecule has 14 heavy (non-hydrogen) atoms. The molecule has 1 aliphatic heterocycles. The van der Waals surface area contributed by atoms with E-state index < -0.39 is 6.10 Å². The maximum Gasteiger partial charge on any atom is 0.232 e. The van der Waals surface area contributed by atoms with Gasteiger partial charge in [-0.2, -0.15) is 0 Å². The Kier molecular flexibility index (Phi) is 3.26. The van der Waals surface area contributed by atoms with Gasteiger partial charge in [0.2, 0.25) is 11.8 Å². The lowest BCUT2D eigenvalue weighted by molar-refractivity contribution is -0.141. The molecule has 2 amide bonds. The lowest BCUT2D eigenvalue weighted by Gasteiger charge is -2.21. The van der Waals surface area contributed by atoms with Crippen LogP contribution in [0.15, 0.2) is 0 Å². The Labute approximate surface area is 83.9 Å². The second-order valence-electron chi connectivity index (χ2n) is 4.26. The Morgan fingerprint density at radius 2 is 2.07 bits per heavy atom. The number of carbonyl (C=O) groups excluding carboxylic acids is 2. The molecule has 80 valence electrons. The molecule has 0 spiro atoms. The van der Waals surface area contributed by atoms with Gasteiger partial charge in [0.05, 0.1) is 12.6 Å². The van der Waals surface area contributed by atoms with Crippen molar-refractivity contribution < 1.29 is 14.7 Å². The van der Waals surface area contributed by atoms with E-state index in [4.69, 9.17) is 0 Å². The first-order chi connectivity index (χ1) is 6.43. The molecule has 1 heterocycles. The van der Waals surface area contributed by atoms with E-state index in [1.165, 1.54) is 4.90 Å². The van der Waals surface area contributed by atoms with E-state index in [9.17, 15) is 14.7 Å². The van der Waals surface area contributed by atoms with Crippen LogP contribution in [-0.4, -0.2) is 34.5 Å². The zero-order valence-corrected chi connectivity index (χ0v) is 8.86. The number of aliphatic hydroxyl groups excluding tert-OH is 1. The molecule has 1 saturated heterocycles. The van der Waals surface area contributed by atoms with Gasteiger partial charge in [-0.15, -0.1) is 0 Å². The van der Waals surface area contributed by atoms with Crippen LogP contribution in [0.1, 0.15) is 27.2 Å². The molecule has 0 aromatic carbocycles. The fraction of sp³-hybridized carbons (Fsp3) is 0.800. The molecule has 0 aromatic heterocycles. The summed E-state index contributed by atoms with van der Waals surface area (Å²) < 4.78 is 0. The molecule has 0 aromatic rings. The molecule has 0 saturated carbocycles. The van der Waals surface area contributed by atoms with Crippen molar-refractivity contribution in [1.82, 2.24) is 4.90 Å². The summed E-state index contributed by atoms with van der Waals surface area (Å²) in [5.41, 5.74) is 0. The predicted molar refractivity (Wildman–Crippen MR) is 51.3 cm³/mol. The highest BCUT2D eigenvalue weighted by Crippen LogP contribution is 2.19. The highest BCUT2D eigenvalue weighted by atomic mass is 16.3. The Balaban J connectivity index is 2.61. The number of carbonyl (C=O) groups is 2. The van der Waals surface area contributed by atoms with Gasteiger partial charge in [-0.25, -0.2) is 0 Å². The van der Waals surface area contributed by atoms with Crippen molar-refractivity contribution in [2.75, 3.05) is 6.54 Å². The van der Waals surface area contributed by atoms with E-state index in [1.807, 2.05) is 13.8 Å². The molecule has 1 aliphatic rings. The van der Waals surface area contributed by atoms with Crippen LogP contribution < -0.4 is 0 Å². The molecule has 1 fully saturated rings. The lowest BCUT2D eigenvalue weighted by atomic mass is 10.1. The monoisotopic (exact) mass is 199 g/mol. The number of likely N-dealkylation sites (tertiary alicyclic amines) is 1. The summed E-state index contributed by atoms with van der Waals surface area (Å²) in [6.07, 6.45) is -0.336. The number of hydrogen-bond acceptors (Lipinski definition) is 3. The predicted octanol–water partition coefficient (Wildman–Crippen LogP) is 0.398. The molecule has 4 heteroatoms. The van der Waals surface area contributed by atoms with Gasteiger partial charge < -0.3 is 5.11 Å². The summed E-state index contributed by atoms with van der Waals surface area (Å²) in [5.74, 6) is -0.481. The summed E-state index contributed by atoms with van der Waals surface area (Å²) in [5, 5.41) is 9.56. The van der Waals surface area contributed by atoms with Crippen LogP contribution in [0.25, 0.3) is 0 Å². The number of hydrogen-bond donors (Lipinski definition) is 1. The van der Waals surface area contributed by atoms with Crippen molar-refractivity contribution in [3.05, 3.63) is 0 Å². The van der Waals surface area contributed by atoms with Crippen LogP contribution in [0.3, 0.4) is 0 Å². The Morgan fingerprint density at radius 3 is 2.43 bits per heavy atom. The van der Waals surface area contributed by atoms with Gasteiger partial charge in [-0.3, -0.25) is 14.5 Å². The summed E-state index contributed by atoms with van der Waals surface area (Å²) in [4.78, 5) is 24.0. The first-order valence-corrected chi connectivity index (χ1v) is 4.95. The van der Waals surface area contributed by atoms with Crippen molar-refractivity contribution >= 4 is 11.8 Å². The van der Waals surface area contributed by atoms with Crippen molar-refractivity contribution in [3.63, 3.8) is 0 Å². The van der Waals surface area contributed by atoms with Crippen LogP contribution in [0.5, 0.6) is 0 Å². The minimum Gasteiger partial charge on any atom is -0.391 e. The smallest absolute Gasteiger partial charge is 0.232 e. The average Bonchev–Trinajstić information content (AvgIpc) is 2.32. The van der Waals surface area contributed by atoms with E-state index in [0.717, 1.165) is 0 Å². The SMILES string of the molecule is CC1CC(=O)N(CC(O)C(C)C)C1=O. The van der Waals surface area contributed by atoms with Gasteiger partial charge in [-0.05, 0) is 5.92 Å². The maximum absolute atomic E-state index is 11.5. The fourth-order valence-electron chi connectivity index (χ4n) is 1.44. The minimum atomic E-state index is -0.617. The molecule has 1 rings (SSSR count). The molecule has 0 bridgehead atoms. The standard InChI is InChI=1S/C10H17NO3/c1-6(2)8(12)5-11-9(13)4-7(3)10(11)14/h6-8,12H,4-5H2,1-3H3. The number of aliphatic hydroxyl groups is 1. The fourth-order valence-corrected chi connectivity index (χ4v) is 1.44. The van der Waals surface area contributed by atoms with Gasteiger partial charge >= 0.3 is 0 Å². The topological polar surface area (TPSA) is 57.6 Å². The van der Waals surface area contributed by atoms with Crippen LogP contribution in [0.2, 0.25) is 0 Å². The van der Waals surface area contributed by atoms with Crippen molar-refractivity contribution in [2.45, 2.75) is 33.3 Å². The highest BCUT2D eigenvalue weighted by Gasteiger charge is 2.36. The van der Waals surface area contributed by atoms with Crippen molar-refractivity contribution in [2.24, 2.45) is 11.8 Å². The molecule has 0 radical (unpaired) electrons. The Hall–Kier alpha value is -0.900. The zero-order chi connectivity index (χ0) is 10.9. The average molecular weight is 199 g/mol. The molecular formula is C10H17NO3. The Morgan fingerprint density at radius 1 is 1.50 bits per heavy atom. The third kappa shape index (κ3) is 2.12. The molecule has 2 unspecified atom stereocenters. The molecule has 0 aliphatic carbocycles. The lowest BCUT2D eigenvalue weighted by Crippen LogP contribution is -2.39. The molecule has 1 N–H and O–H groups in total. The first-order valence-electron chi connectivity index (χ1n) is 4.95. The first kappa shape index (κ1) is 11.2. The second kappa shape index (κ2) is 4.09. The zero-order valence-electron chi connectivity index (χ0n) is 8.86. The molecule has 4 nitrogen and oxygen atoms in total. The van der Waals surface area contributed by atoms with Crippen LogP contribution in [-0.2, 0) is 9.59 Å². The van der Waals surface area contributed by atoms with Gasteiger partial charge in [0.25, 0.3) is 0 Å². The van der Waals surface area contributed by atoms with Crippen molar-refractivity contribution in [1.29, 1.82) is 0 Å². The van der Waals surface area contributed by atoms with Gasteiger partial charge in [0, 0.05) is 12.3 Å². The van der Waals surface area contributed by atoms with Gasteiger partial charge in [0.1, 0.15) is 0 Å². The molecule has 2 atom stereocenters. The van der Waals surface area contributed by atoms with Gasteiger partial charge in [0.15, 0.2) is 0 Å². The summed E-state index contributed by atoms with van der Waals surface area (Å²) in [6.45, 7) is 5.60. The van der Waals surface area contributed by atoms with E-state index in [2.05, 4.69) is 0 Å². The van der Waals surface area contributed by atoms with E-state index in [-0.39, 0.29) is 36.6 Å². The van der Waals surface area contributed by atoms with Crippen molar-refractivity contribution in [3.8, 4) is 0 Å². The summed E-state index contributed by atoms with van der Waals surface area (Å²) in [6, 6.07) is 0. The Bertz CT molecular complexity index is 250. The largest absolute Gasteiger partial charge is 0.391 e.